The van der Waals surface area contributed by atoms with Crippen LogP contribution in [-0.2, 0) is 5.41 Å². The van der Waals surface area contributed by atoms with Crippen molar-refractivity contribution in [1.29, 1.82) is 0 Å². The summed E-state index contributed by atoms with van der Waals surface area (Å²) < 4.78 is 0. The predicted octanol–water partition coefficient (Wildman–Crippen LogP) is 3.05. The van der Waals surface area contributed by atoms with Gasteiger partial charge in [0, 0.05) is 0 Å². The molecule has 0 atom stereocenters. The van der Waals surface area contributed by atoms with Crippen molar-refractivity contribution in [2.75, 3.05) is 0 Å². The first-order valence-electron chi connectivity index (χ1n) is 4.28. The van der Waals surface area contributed by atoms with Crippen LogP contribution in [0.3, 0.4) is 0 Å². The fourth-order valence-electron chi connectivity index (χ4n) is 1.50. The van der Waals surface area contributed by atoms with E-state index in [4.69, 9.17) is 0 Å². The second-order valence-corrected chi connectivity index (χ2v) is 3.93. The van der Waals surface area contributed by atoms with Crippen LogP contribution < -0.4 is 0 Å². The Bertz CT molecular complexity index is 269. The van der Waals surface area contributed by atoms with E-state index in [9.17, 15) is 0 Å². The zero-order valence-corrected chi connectivity index (χ0v) is 7.22. The van der Waals surface area contributed by atoms with Gasteiger partial charge in [-0.1, -0.05) is 36.8 Å². The molecule has 0 aromatic heterocycles. The number of benzene rings is 1. The second kappa shape index (κ2) is 2.10. The van der Waals surface area contributed by atoms with E-state index >= 15 is 0 Å². The van der Waals surface area contributed by atoms with E-state index < -0.39 is 0 Å². The monoisotopic (exact) mass is 146 g/mol. The number of hydrogen-bond acceptors (Lipinski definition) is 0. The summed E-state index contributed by atoms with van der Waals surface area (Å²) in [6, 6.07) is 8.89. The van der Waals surface area contributed by atoms with Gasteiger partial charge in [0.15, 0.2) is 0 Å². The largest absolute Gasteiger partial charge is 0.0617 e. The van der Waals surface area contributed by atoms with E-state index in [2.05, 4.69) is 38.1 Å². The van der Waals surface area contributed by atoms with Gasteiger partial charge < -0.3 is 0 Å². The first-order chi connectivity index (χ1) is 5.21. The van der Waals surface area contributed by atoms with Gasteiger partial charge in [-0.2, -0.15) is 0 Å². The lowest BCUT2D eigenvalue weighted by molar-refractivity contribution is 0.786. The number of rotatable bonds is 1. The molecule has 0 radical (unpaired) electrons. The van der Waals surface area contributed by atoms with E-state index in [1.165, 1.54) is 24.0 Å². The molecule has 11 heavy (non-hydrogen) atoms. The molecule has 0 unspecified atom stereocenters. The third-order valence-corrected chi connectivity index (χ3v) is 2.71. The number of aryl methyl sites for hydroxylation is 1. The molecule has 0 aliphatic heterocycles. The van der Waals surface area contributed by atoms with Gasteiger partial charge in [-0.15, -0.1) is 0 Å². The Kier molecular flexibility index (Phi) is 1.32. The highest BCUT2D eigenvalue weighted by molar-refractivity contribution is 5.32. The minimum Gasteiger partial charge on any atom is -0.0617 e. The smallest absolute Gasteiger partial charge is 0.00745 e. The van der Waals surface area contributed by atoms with E-state index in [0.29, 0.717) is 5.41 Å². The van der Waals surface area contributed by atoms with Crippen LogP contribution in [0.5, 0.6) is 0 Å². The van der Waals surface area contributed by atoms with Crippen LogP contribution in [0.25, 0.3) is 0 Å². The zero-order valence-electron chi connectivity index (χ0n) is 7.22. The van der Waals surface area contributed by atoms with Crippen molar-refractivity contribution in [3.8, 4) is 0 Å². The quantitative estimate of drug-likeness (QED) is 0.571. The molecule has 1 fully saturated rings. The Labute approximate surface area is 68.3 Å². The van der Waals surface area contributed by atoms with Crippen LogP contribution in [0.2, 0.25) is 0 Å². The zero-order chi connectivity index (χ0) is 7.90. The maximum atomic E-state index is 2.35. The van der Waals surface area contributed by atoms with Crippen LogP contribution >= 0.6 is 0 Å². The highest BCUT2D eigenvalue weighted by Gasteiger charge is 2.38. The third kappa shape index (κ3) is 1.18. The van der Waals surface area contributed by atoms with Crippen molar-refractivity contribution >= 4 is 0 Å². The lowest BCUT2D eigenvalue weighted by Gasteiger charge is -2.08. The Hall–Kier alpha value is -0.780. The van der Waals surface area contributed by atoms with Gasteiger partial charge in [-0.25, -0.2) is 0 Å². The predicted molar refractivity (Wildman–Crippen MR) is 47.8 cm³/mol. The van der Waals surface area contributed by atoms with E-state index in [-0.39, 0.29) is 0 Å². The topological polar surface area (TPSA) is 0 Å². The summed E-state index contributed by atoms with van der Waals surface area (Å²) in [5.74, 6) is 0. The van der Waals surface area contributed by atoms with Gasteiger partial charge in [0.2, 0.25) is 0 Å². The summed E-state index contributed by atoms with van der Waals surface area (Å²) in [6.45, 7) is 4.51. The van der Waals surface area contributed by atoms with Gasteiger partial charge in [0.1, 0.15) is 0 Å². The standard InChI is InChI=1S/C11H14/c1-9-4-3-5-10(8-9)11(2)6-7-11/h3-5,8H,6-7H2,1-2H3. The normalized spacial score (nSPS) is 19.8. The Morgan fingerprint density at radius 2 is 2.00 bits per heavy atom. The molecule has 0 nitrogen and oxygen atoms in total. The highest BCUT2D eigenvalue weighted by Crippen LogP contribution is 2.47. The van der Waals surface area contributed by atoms with Crippen molar-refractivity contribution < 1.29 is 0 Å². The molecule has 0 saturated heterocycles. The van der Waals surface area contributed by atoms with Crippen LogP contribution in [0.15, 0.2) is 24.3 Å². The molecule has 1 saturated carbocycles. The van der Waals surface area contributed by atoms with Crippen LogP contribution in [0.1, 0.15) is 30.9 Å². The SMILES string of the molecule is Cc1cccc(C2(C)CC2)c1. The summed E-state index contributed by atoms with van der Waals surface area (Å²) in [5.41, 5.74) is 3.44. The Balaban J connectivity index is 2.38. The van der Waals surface area contributed by atoms with Crippen LogP contribution in [0.4, 0.5) is 0 Å². The summed E-state index contributed by atoms with van der Waals surface area (Å²) in [7, 11) is 0. The molecule has 1 aliphatic rings. The lowest BCUT2D eigenvalue weighted by atomic mass is 9.97. The molecule has 1 aliphatic carbocycles. The molecule has 58 valence electrons. The molecule has 0 N–H and O–H groups in total. The summed E-state index contributed by atoms with van der Waals surface area (Å²) >= 11 is 0. The van der Waals surface area contributed by atoms with Gasteiger partial charge in [0.25, 0.3) is 0 Å². The molecule has 0 spiro atoms. The van der Waals surface area contributed by atoms with Gasteiger partial charge >= 0.3 is 0 Å². The maximum absolute atomic E-state index is 2.35. The van der Waals surface area contributed by atoms with Crippen LogP contribution in [0, 0.1) is 6.92 Å². The molecule has 1 aromatic rings. The van der Waals surface area contributed by atoms with Gasteiger partial charge in [0.05, 0.1) is 0 Å². The minimum atomic E-state index is 0.534. The Morgan fingerprint density at radius 3 is 2.55 bits per heavy atom. The van der Waals surface area contributed by atoms with Crippen molar-refractivity contribution in [3.05, 3.63) is 35.4 Å². The molecule has 2 rings (SSSR count). The first-order valence-corrected chi connectivity index (χ1v) is 4.28. The molecule has 0 heterocycles. The highest BCUT2D eigenvalue weighted by atomic mass is 14.4. The fraction of sp³-hybridized carbons (Fsp3) is 0.455. The fourth-order valence-corrected chi connectivity index (χ4v) is 1.50. The first kappa shape index (κ1) is 6.90. The second-order valence-electron chi connectivity index (χ2n) is 3.93. The van der Waals surface area contributed by atoms with Crippen molar-refractivity contribution in [3.63, 3.8) is 0 Å². The van der Waals surface area contributed by atoms with Crippen LogP contribution in [-0.4, -0.2) is 0 Å². The van der Waals surface area contributed by atoms with Crippen molar-refractivity contribution in [2.24, 2.45) is 0 Å². The van der Waals surface area contributed by atoms with E-state index in [1.807, 2.05) is 0 Å². The van der Waals surface area contributed by atoms with E-state index in [0.717, 1.165) is 0 Å². The number of hydrogen-bond donors (Lipinski definition) is 0. The molecular formula is C11H14. The molecular weight excluding hydrogens is 132 g/mol. The minimum absolute atomic E-state index is 0.534. The van der Waals surface area contributed by atoms with Gasteiger partial charge in [-0.3, -0.25) is 0 Å². The van der Waals surface area contributed by atoms with Crippen molar-refractivity contribution in [2.45, 2.75) is 32.1 Å². The Morgan fingerprint density at radius 1 is 1.27 bits per heavy atom. The third-order valence-electron chi connectivity index (χ3n) is 2.71. The lowest BCUT2D eigenvalue weighted by Crippen LogP contribution is -1.98. The average Bonchev–Trinajstić information content (AvgIpc) is 2.70. The van der Waals surface area contributed by atoms with E-state index in [1.54, 1.807) is 0 Å². The molecule has 1 aromatic carbocycles. The molecule has 0 bridgehead atoms. The average molecular weight is 146 g/mol. The van der Waals surface area contributed by atoms with Gasteiger partial charge in [-0.05, 0) is 30.7 Å². The summed E-state index contributed by atoms with van der Waals surface area (Å²) in [4.78, 5) is 0. The molecule has 0 amide bonds. The molecule has 0 heteroatoms. The summed E-state index contributed by atoms with van der Waals surface area (Å²) in [5, 5.41) is 0. The van der Waals surface area contributed by atoms with Crippen molar-refractivity contribution in [1.82, 2.24) is 0 Å². The summed E-state index contributed by atoms with van der Waals surface area (Å²) in [6.07, 6.45) is 2.74. The maximum Gasteiger partial charge on any atom is -0.00745 e.